The summed E-state index contributed by atoms with van der Waals surface area (Å²) in [5.74, 6) is -0.135. The Morgan fingerprint density at radius 3 is 0.738 bits per heavy atom. The van der Waals surface area contributed by atoms with Crippen molar-refractivity contribution in [3.63, 3.8) is 0 Å². The molecule has 0 aliphatic rings. The lowest BCUT2D eigenvalue weighted by atomic mass is 9.99. The van der Waals surface area contributed by atoms with E-state index in [-0.39, 0.29) is 12.5 Å². The maximum absolute atomic E-state index is 12.5. The molecule has 3 unspecified atom stereocenters. The first-order valence-electron chi connectivity index (χ1n) is 30.3. The van der Waals surface area contributed by atoms with Crippen LogP contribution in [0.4, 0.5) is 0 Å². The van der Waals surface area contributed by atoms with Crippen LogP contribution in [0.25, 0.3) is 0 Å². The molecule has 390 valence electrons. The fourth-order valence-corrected chi connectivity index (χ4v) is 10.1. The van der Waals surface area contributed by atoms with Crippen LogP contribution in [0, 0.1) is 0 Å². The first-order chi connectivity index (χ1) is 32.1. The van der Waals surface area contributed by atoms with Gasteiger partial charge in [-0.25, -0.2) is 0 Å². The normalized spacial score (nSPS) is 13.1. The smallest absolute Gasteiger partial charge is 0.220 e. The largest absolute Gasteiger partial charge is 0.394 e. The van der Waals surface area contributed by atoms with Crippen LogP contribution in [0.5, 0.6) is 0 Å². The van der Waals surface area contributed by atoms with Crippen molar-refractivity contribution in [1.29, 1.82) is 0 Å². The summed E-state index contributed by atoms with van der Waals surface area (Å²) in [4.78, 5) is 12.5. The number of hydrogen-bond donors (Lipinski definition) is 4. The topological polar surface area (TPSA) is 89.8 Å². The minimum atomic E-state index is -1.13. The SMILES string of the molecule is CCCCCCCCCCCCCCCCCCCCCCCCCCCCCCCCCCC(=O)NC(CO)C(O)C(O)CCCCCCCCCCCCCCCCCCCCC. The van der Waals surface area contributed by atoms with E-state index in [9.17, 15) is 20.1 Å². The quantitative estimate of drug-likeness (QED) is 0.0458. The van der Waals surface area contributed by atoms with Crippen molar-refractivity contribution < 1.29 is 20.1 Å². The van der Waals surface area contributed by atoms with Gasteiger partial charge in [-0.2, -0.15) is 0 Å². The van der Waals surface area contributed by atoms with Gasteiger partial charge in [0.2, 0.25) is 5.91 Å². The predicted octanol–water partition coefficient (Wildman–Crippen LogP) is 18.9. The van der Waals surface area contributed by atoms with Crippen LogP contribution in [0.2, 0.25) is 0 Å². The summed E-state index contributed by atoms with van der Waals surface area (Å²) in [6, 6.07) is -0.805. The molecule has 0 aromatic heterocycles. The molecule has 0 fully saturated rings. The van der Waals surface area contributed by atoms with Crippen LogP contribution >= 0.6 is 0 Å². The van der Waals surface area contributed by atoms with E-state index in [1.165, 1.54) is 295 Å². The van der Waals surface area contributed by atoms with Gasteiger partial charge in [0, 0.05) is 6.42 Å². The van der Waals surface area contributed by atoms with Gasteiger partial charge in [0.25, 0.3) is 0 Å². The maximum atomic E-state index is 12.5. The van der Waals surface area contributed by atoms with Crippen molar-refractivity contribution in [3.05, 3.63) is 0 Å². The van der Waals surface area contributed by atoms with Crippen LogP contribution < -0.4 is 5.32 Å². The summed E-state index contributed by atoms with van der Waals surface area (Å²) >= 11 is 0. The first kappa shape index (κ1) is 64.3. The van der Waals surface area contributed by atoms with Crippen molar-refractivity contribution in [1.82, 2.24) is 5.32 Å². The van der Waals surface area contributed by atoms with Crippen molar-refractivity contribution in [2.75, 3.05) is 6.61 Å². The number of aliphatic hydroxyl groups excluding tert-OH is 3. The Hall–Kier alpha value is -0.650. The lowest BCUT2D eigenvalue weighted by molar-refractivity contribution is -0.124. The number of nitrogens with one attached hydrogen (secondary N) is 1. The number of carbonyl (C=O) groups is 1. The molecule has 4 N–H and O–H groups in total. The second-order valence-corrected chi connectivity index (χ2v) is 21.3. The number of unbranched alkanes of at least 4 members (excludes halogenated alkanes) is 49. The van der Waals surface area contributed by atoms with E-state index in [2.05, 4.69) is 19.2 Å². The van der Waals surface area contributed by atoms with Crippen molar-refractivity contribution >= 4 is 5.91 Å². The highest BCUT2D eigenvalue weighted by Crippen LogP contribution is 2.19. The van der Waals surface area contributed by atoms with Crippen LogP contribution in [0.1, 0.15) is 354 Å². The zero-order valence-electron chi connectivity index (χ0n) is 44.7. The van der Waals surface area contributed by atoms with Gasteiger partial charge in [0.1, 0.15) is 6.10 Å². The lowest BCUT2D eigenvalue weighted by Gasteiger charge is -2.26. The Kier molecular flexibility index (Phi) is 55.4. The molecule has 3 atom stereocenters. The van der Waals surface area contributed by atoms with Crippen molar-refractivity contribution in [3.8, 4) is 0 Å². The van der Waals surface area contributed by atoms with Gasteiger partial charge in [0.05, 0.1) is 18.8 Å². The summed E-state index contributed by atoms with van der Waals surface area (Å²) in [5, 5.41) is 33.8. The summed E-state index contributed by atoms with van der Waals surface area (Å²) < 4.78 is 0. The molecular weight excluding hydrogens is 799 g/mol. The third-order valence-corrected chi connectivity index (χ3v) is 14.7. The number of aliphatic hydroxyl groups is 3. The Morgan fingerprint density at radius 2 is 0.523 bits per heavy atom. The second kappa shape index (κ2) is 55.9. The summed E-state index contributed by atoms with van der Waals surface area (Å²) in [6.07, 6.45) is 68.5. The van der Waals surface area contributed by atoms with Crippen LogP contribution in [-0.4, -0.2) is 46.1 Å². The number of rotatable bonds is 57. The van der Waals surface area contributed by atoms with E-state index >= 15 is 0 Å². The van der Waals surface area contributed by atoms with E-state index in [0.29, 0.717) is 12.8 Å². The van der Waals surface area contributed by atoms with Crippen molar-refractivity contribution in [2.24, 2.45) is 0 Å². The Labute approximate surface area is 408 Å². The highest BCUT2D eigenvalue weighted by molar-refractivity contribution is 5.76. The molecule has 5 heteroatoms. The van der Waals surface area contributed by atoms with Crippen LogP contribution in [0.3, 0.4) is 0 Å². The van der Waals surface area contributed by atoms with Gasteiger partial charge in [-0.1, -0.05) is 335 Å². The molecule has 0 heterocycles. The Bertz CT molecular complexity index is 883. The average molecular weight is 921 g/mol. The minimum absolute atomic E-state index is 0.135. The molecule has 0 aromatic rings. The molecule has 0 saturated carbocycles. The molecule has 0 aromatic carbocycles. The second-order valence-electron chi connectivity index (χ2n) is 21.3. The predicted molar refractivity (Wildman–Crippen MR) is 287 cm³/mol. The average Bonchev–Trinajstić information content (AvgIpc) is 3.31. The third-order valence-electron chi connectivity index (χ3n) is 14.7. The highest BCUT2D eigenvalue weighted by Gasteiger charge is 2.26. The molecule has 5 nitrogen and oxygen atoms in total. The third kappa shape index (κ3) is 51.0. The zero-order valence-corrected chi connectivity index (χ0v) is 44.7. The molecule has 0 radical (unpaired) electrons. The standard InChI is InChI=1S/C60H121NO4/c1-3-5-7-9-11-13-15-17-19-21-23-24-25-26-27-28-29-30-31-32-33-34-35-37-39-41-43-45-47-49-51-53-55-59(64)61-57(56-62)60(65)58(63)54-52-50-48-46-44-42-40-38-36-22-20-18-16-14-12-10-8-6-4-2/h57-58,60,62-63,65H,3-56H2,1-2H3,(H,61,64). The lowest BCUT2D eigenvalue weighted by Crippen LogP contribution is -2.50. The molecule has 0 rings (SSSR count). The molecule has 0 bridgehead atoms. The molecule has 0 aliphatic carbocycles. The molecule has 1 amide bonds. The minimum Gasteiger partial charge on any atom is -0.394 e. The van der Waals surface area contributed by atoms with Gasteiger partial charge in [0.15, 0.2) is 0 Å². The van der Waals surface area contributed by atoms with Gasteiger partial charge in [-0.3, -0.25) is 4.79 Å². The van der Waals surface area contributed by atoms with Gasteiger partial charge >= 0.3 is 0 Å². The van der Waals surface area contributed by atoms with E-state index in [1.807, 2.05) is 0 Å². The monoisotopic (exact) mass is 920 g/mol. The molecular formula is C60H121NO4. The summed E-state index contributed by atoms with van der Waals surface area (Å²) in [6.45, 7) is 4.23. The van der Waals surface area contributed by atoms with E-state index < -0.39 is 18.2 Å². The van der Waals surface area contributed by atoms with E-state index in [4.69, 9.17) is 0 Å². The Balaban J connectivity index is 3.44. The number of carbonyl (C=O) groups excluding carboxylic acids is 1. The maximum Gasteiger partial charge on any atom is 0.220 e. The van der Waals surface area contributed by atoms with Crippen molar-refractivity contribution in [2.45, 2.75) is 372 Å². The first-order valence-corrected chi connectivity index (χ1v) is 30.3. The fourth-order valence-electron chi connectivity index (χ4n) is 10.1. The van der Waals surface area contributed by atoms with Gasteiger partial charge in [-0.15, -0.1) is 0 Å². The fraction of sp³-hybridized carbons (Fsp3) is 0.983. The highest BCUT2D eigenvalue weighted by atomic mass is 16.3. The van der Waals surface area contributed by atoms with Gasteiger partial charge in [-0.05, 0) is 12.8 Å². The van der Waals surface area contributed by atoms with E-state index in [0.717, 1.165) is 32.1 Å². The zero-order chi connectivity index (χ0) is 47.2. The molecule has 65 heavy (non-hydrogen) atoms. The number of amides is 1. The summed E-state index contributed by atoms with van der Waals surface area (Å²) in [5.41, 5.74) is 0. The summed E-state index contributed by atoms with van der Waals surface area (Å²) in [7, 11) is 0. The molecule has 0 saturated heterocycles. The van der Waals surface area contributed by atoms with Crippen LogP contribution in [-0.2, 0) is 4.79 Å². The van der Waals surface area contributed by atoms with E-state index in [1.54, 1.807) is 0 Å². The molecule has 0 aliphatic heterocycles. The van der Waals surface area contributed by atoms with Gasteiger partial charge < -0.3 is 20.6 Å². The number of hydrogen-bond acceptors (Lipinski definition) is 4. The Morgan fingerprint density at radius 1 is 0.323 bits per heavy atom. The van der Waals surface area contributed by atoms with Crippen LogP contribution in [0.15, 0.2) is 0 Å². The molecule has 0 spiro atoms.